The van der Waals surface area contributed by atoms with Crippen LogP contribution in [-0.4, -0.2) is 36.0 Å². The van der Waals surface area contributed by atoms with Crippen LogP contribution in [0, 0.1) is 5.41 Å². The van der Waals surface area contributed by atoms with Crippen molar-refractivity contribution in [3.8, 4) is 0 Å². The second kappa shape index (κ2) is 9.78. The number of alkyl halides is 3. The molecule has 2 amide bonds. The molecule has 0 aliphatic heterocycles. The number of rotatable bonds is 7. The van der Waals surface area contributed by atoms with Crippen molar-refractivity contribution in [2.24, 2.45) is 5.41 Å². The third-order valence-corrected chi connectivity index (χ3v) is 4.31. The Balaban J connectivity index is 2.24. The molecular formula is C23H27F3N2O2. The summed E-state index contributed by atoms with van der Waals surface area (Å²) in [6.07, 6.45) is -4.77. The Kier molecular flexibility index (Phi) is 7.65. The minimum Gasteiger partial charge on any atom is -0.345 e. The maximum absolute atomic E-state index is 13.1. The molecule has 162 valence electrons. The third kappa shape index (κ3) is 7.89. The van der Waals surface area contributed by atoms with Gasteiger partial charge in [0.25, 0.3) is 5.91 Å². The predicted molar refractivity (Wildman–Crippen MR) is 110 cm³/mol. The Morgan fingerprint density at radius 2 is 1.43 bits per heavy atom. The van der Waals surface area contributed by atoms with Crippen LogP contribution in [0.15, 0.2) is 60.7 Å². The molecule has 0 heterocycles. The number of nitrogens with one attached hydrogen (secondary N) is 1. The summed E-state index contributed by atoms with van der Waals surface area (Å²) in [6.45, 7) is 3.96. The minimum absolute atomic E-state index is 0.0422. The van der Waals surface area contributed by atoms with Crippen LogP contribution in [0.25, 0.3) is 0 Å². The first kappa shape index (κ1) is 23.4. The zero-order valence-electron chi connectivity index (χ0n) is 17.4. The van der Waals surface area contributed by atoms with E-state index in [1.54, 1.807) is 81.4 Å². The molecule has 4 nitrogen and oxygen atoms in total. The van der Waals surface area contributed by atoms with E-state index >= 15 is 0 Å². The maximum atomic E-state index is 13.1. The van der Waals surface area contributed by atoms with E-state index in [4.69, 9.17) is 0 Å². The largest absolute Gasteiger partial charge is 0.406 e. The summed E-state index contributed by atoms with van der Waals surface area (Å²) >= 11 is 0. The van der Waals surface area contributed by atoms with E-state index in [0.717, 1.165) is 4.90 Å². The summed E-state index contributed by atoms with van der Waals surface area (Å²) in [4.78, 5) is 26.3. The number of benzene rings is 2. The Hall–Kier alpha value is -2.83. The summed E-state index contributed by atoms with van der Waals surface area (Å²) in [7, 11) is 0. The smallest absolute Gasteiger partial charge is 0.345 e. The van der Waals surface area contributed by atoms with Crippen LogP contribution in [0.2, 0.25) is 0 Å². The quantitative estimate of drug-likeness (QED) is 0.687. The molecule has 2 rings (SSSR count). The summed E-state index contributed by atoms with van der Waals surface area (Å²) in [5, 5.41) is 2.79. The Bertz CT molecular complexity index is 815. The van der Waals surface area contributed by atoms with Crippen LogP contribution < -0.4 is 5.32 Å². The van der Waals surface area contributed by atoms with Gasteiger partial charge in [0.15, 0.2) is 0 Å². The van der Waals surface area contributed by atoms with Crippen LogP contribution in [0.5, 0.6) is 0 Å². The lowest BCUT2D eigenvalue weighted by Gasteiger charge is -2.32. The van der Waals surface area contributed by atoms with Crippen LogP contribution in [-0.2, 0) is 4.79 Å². The van der Waals surface area contributed by atoms with E-state index in [1.165, 1.54) is 0 Å². The normalized spacial score (nSPS) is 12.9. The van der Waals surface area contributed by atoms with E-state index in [0.29, 0.717) is 11.1 Å². The van der Waals surface area contributed by atoms with Crippen molar-refractivity contribution in [2.75, 3.05) is 13.1 Å². The first-order chi connectivity index (χ1) is 13.9. The highest BCUT2D eigenvalue weighted by Crippen LogP contribution is 2.25. The maximum Gasteiger partial charge on any atom is 0.406 e. The van der Waals surface area contributed by atoms with E-state index in [1.807, 2.05) is 0 Å². The highest BCUT2D eigenvalue weighted by molar-refractivity contribution is 5.94. The summed E-state index contributed by atoms with van der Waals surface area (Å²) in [5.41, 5.74) is 0.557. The molecule has 0 aromatic heterocycles. The molecule has 0 aliphatic rings. The summed E-state index contributed by atoms with van der Waals surface area (Å²) < 4.78 is 39.2. The number of carbonyl (C=O) groups is 2. The Morgan fingerprint density at radius 3 is 1.93 bits per heavy atom. The number of hydrogen-bond acceptors (Lipinski definition) is 2. The van der Waals surface area contributed by atoms with Gasteiger partial charge in [-0.2, -0.15) is 13.2 Å². The number of amides is 2. The van der Waals surface area contributed by atoms with Gasteiger partial charge in [0, 0.05) is 12.1 Å². The van der Waals surface area contributed by atoms with Gasteiger partial charge in [-0.3, -0.25) is 9.59 Å². The molecule has 0 saturated heterocycles. The van der Waals surface area contributed by atoms with Gasteiger partial charge in [-0.25, -0.2) is 0 Å². The van der Waals surface area contributed by atoms with Crippen LogP contribution in [0.4, 0.5) is 13.2 Å². The highest BCUT2D eigenvalue weighted by Gasteiger charge is 2.35. The molecule has 0 fully saturated rings. The average Bonchev–Trinajstić information content (AvgIpc) is 2.66. The van der Waals surface area contributed by atoms with E-state index in [9.17, 15) is 22.8 Å². The average molecular weight is 420 g/mol. The van der Waals surface area contributed by atoms with Crippen LogP contribution in [0.1, 0.15) is 49.2 Å². The van der Waals surface area contributed by atoms with E-state index < -0.39 is 36.0 Å². The van der Waals surface area contributed by atoms with Crippen molar-refractivity contribution in [1.82, 2.24) is 10.2 Å². The van der Waals surface area contributed by atoms with Gasteiger partial charge in [0.05, 0.1) is 12.5 Å². The molecule has 1 unspecified atom stereocenters. The second-order valence-corrected chi connectivity index (χ2v) is 8.43. The van der Waals surface area contributed by atoms with E-state index in [-0.39, 0.29) is 13.0 Å². The summed E-state index contributed by atoms with van der Waals surface area (Å²) in [6, 6.07) is 16.5. The van der Waals surface area contributed by atoms with Crippen LogP contribution in [0.3, 0.4) is 0 Å². The molecule has 2 aromatic carbocycles. The second-order valence-electron chi connectivity index (χ2n) is 8.43. The third-order valence-electron chi connectivity index (χ3n) is 4.31. The molecule has 0 spiro atoms. The van der Waals surface area contributed by atoms with Gasteiger partial charge in [-0.05, 0) is 23.1 Å². The molecule has 2 aromatic rings. The van der Waals surface area contributed by atoms with Gasteiger partial charge in [-0.15, -0.1) is 0 Å². The lowest BCUT2D eigenvalue weighted by molar-refractivity contribution is -0.163. The van der Waals surface area contributed by atoms with Gasteiger partial charge < -0.3 is 10.2 Å². The van der Waals surface area contributed by atoms with Gasteiger partial charge in [-0.1, -0.05) is 69.3 Å². The summed E-state index contributed by atoms with van der Waals surface area (Å²) in [5.74, 6) is -1.06. The first-order valence-corrected chi connectivity index (χ1v) is 9.70. The molecule has 0 radical (unpaired) electrons. The fraction of sp³-hybridized carbons (Fsp3) is 0.391. The topological polar surface area (TPSA) is 49.4 Å². The minimum atomic E-state index is -4.50. The first-order valence-electron chi connectivity index (χ1n) is 9.70. The van der Waals surface area contributed by atoms with Gasteiger partial charge >= 0.3 is 6.18 Å². The van der Waals surface area contributed by atoms with Crippen molar-refractivity contribution in [3.63, 3.8) is 0 Å². The Labute approximate surface area is 175 Å². The molecule has 7 heteroatoms. The molecule has 0 aliphatic carbocycles. The van der Waals surface area contributed by atoms with E-state index in [2.05, 4.69) is 5.32 Å². The number of nitrogens with zero attached hydrogens (tertiary/aromatic N) is 1. The van der Waals surface area contributed by atoms with Gasteiger partial charge in [0.2, 0.25) is 5.91 Å². The zero-order valence-corrected chi connectivity index (χ0v) is 17.4. The van der Waals surface area contributed by atoms with Crippen molar-refractivity contribution >= 4 is 11.8 Å². The predicted octanol–water partition coefficient (Wildman–Crippen LogP) is 4.98. The van der Waals surface area contributed by atoms with Gasteiger partial charge in [0.1, 0.15) is 6.54 Å². The standard InChI is InChI=1S/C23H27F3N2O2/c1-22(2,3)15-28(16-23(24,25)26)20(29)14-19(17-10-6-4-7-11-17)27-21(30)18-12-8-5-9-13-18/h4-13,19H,14-16H2,1-3H3,(H,27,30). The Morgan fingerprint density at radius 1 is 0.900 bits per heavy atom. The molecular weight excluding hydrogens is 393 g/mol. The lowest BCUT2D eigenvalue weighted by Crippen LogP contribution is -2.45. The molecule has 1 N–H and O–H groups in total. The van der Waals surface area contributed by atoms with Crippen molar-refractivity contribution in [3.05, 3.63) is 71.8 Å². The van der Waals surface area contributed by atoms with Crippen molar-refractivity contribution < 1.29 is 22.8 Å². The lowest BCUT2D eigenvalue weighted by atomic mass is 9.95. The number of halogens is 3. The SMILES string of the molecule is CC(C)(C)CN(CC(F)(F)F)C(=O)CC(NC(=O)c1ccccc1)c1ccccc1. The fourth-order valence-electron chi connectivity index (χ4n) is 3.09. The fourth-order valence-corrected chi connectivity index (χ4v) is 3.09. The monoisotopic (exact) mass is 420 g/mol. The molecule has 30 heavy (non-hydrogen) atoms. The molecule has 0 bridgehead atoms. The zero-order chi connectivity index (χ0) is 22.4. The van der Waals surface area contributed by atoms with Crippen molar-refractivity contribution in [1.29, 1.82) is 0 Å². The molecule has 0 saturated carbocycles. The molecule has 1 atom stereocenters. The highest BCUT2D eigenvalue weighted by atomic mass is 19.4. The number of carbonyl (C=O) groups excluding carboxylic acids is 2. The number of hydrogen-bond donors (Lipinski definition) is 1. The van der Waals surface area contributed by atoms with Crippen molar-refractivity contribution in [2.45, 2.75) is 39.4 Å². The van der Waals surface area contributed by atoms with Crippen LogP contribution >= 0.6 is 0 Å².